The molecule has 0 saturated carbocycles. The van der Waals surface area contributed by atoms with Gasteiger partial charge in [-0.1, -0.05) is 6.07 Å². The summed E-state index contributed by atoms with van der Waals surface area (Å²) in [5.41, 5.74) is 6.67. The molecule has 0 bridgehead atoms. The van der Waals surface area contributed by atoms with E-state index in [4.69, 9.17) is 5.73 Å². The molecule has 0 aliphatic carbocycles. The van der Waals surface area contributed by atoms with Crippen LogP contribution in [0.15, 0.2) is 18.2 Å². The number of piperazine rings is 1. The fraction of sp³-hybridized carbons (Fsp3) is 0.500. The van der Waals surface area contributed by atoms with E-state index in [1.54, 1.807) is 6.07 Å². The summed E-state index contributed by atoms with van der Waals surface area (Å²) in [5.74, 6) is -0.314. The van der Waals surface area contributed by atoms with Crippen LogP contribution in [-0.4, -0.2) is 45.2 Å². The van der Waals surface area contributed by atoms with Gasteiger partial charge in [-0.25, -0.2) is 12.8 Å². The Morgan fingerprint density at radius 1 is 1.26 bits per heavy atom. The summed E-state index contributed by atoms with van der Waals surface area (Å²) in [6.45, 7) is 2.16. The van der Waals surface area contributed by atoms with Crippen LogP contribution in [0.1, 0.15) is 5.56 Å². The molecule has 0 radical (unpaired) electrons. The molecule has 1 aliphatic heterocycles. The maximum Gasteiger partial charge on any atom is 0.211 e. The Balaban J connectivity index is 2.08. The first-order valence-corrected chi connectivity index (χ1v) is 7.95. The zero-order valence-corrected chi connectivity index (χ0v) is 11.7. The summed E-state index contributed by atoms with van der Waals surface area (Å²) in [7, 11) is -3.13. The second-order valence-electron chi connectivity index (χ2n) is 4.63. The van der Waals surface area contributed by atoms with Crippen molar-refractivity contribution >= 4 is 15.7 Å². The molecular weight excluding hydrogens is 269 g/mol. The van der Waals surface area contributed by atoms with Crippen LogP contribution in [-0.2, 0) is 16.6 Å². The van der Waals surface area contributed by atoms with Crippen molar-refractivity contribution in [1.29, 1.82) is 0 Å². The molecule has 7 heteroatoms. The Morgan fingerprint density at radius 2 is 1.89 bits per heavy atom. The van der Waals surface area contributed by atoms with Crippen molar-refractivity contribution in [3.63, 3.8) is 0 Å². The van der Waals surface area contributed by atoms with E-state index >= 15 is 0 Å². The number of rotatable bonds is 3. The summed E-state index contributed by atoms with van der Waals surface area (Å²) in [4.78, 5) is 1.98. The smallest absolute Gasteiger partial charge is 0.211 e. The summed E-state index contributed by atoms with van der Waals surface area (Å²) in [5, 5.41) is 0. The Morgan fingerprint density at radius 3 is 2.37 bits per heavy atom. The normalized spacial score (nSPS) is 17.7. The van der Waals surface area contributed by atoms with Crippen LogP contribution in [0.25, 0.3) is 0 Å². The average molecular weight is 287 g/mol. The lowest BCUT2D eigenvalue weighted by atomic mass is 10.1. The Bertz CT molecular complexity index is 554. The highest BCUT2D eigenvalue weighted by atomic mass is 32.2. The first kappa shape index (κ1) is 14.2. The van der Waals surface area contributed by atoms with Gasteiger partial charge in [0.1, 0.15) is 5.82 Å². The number of anilines is 1. The topological polar surface area (TPSA) is 66.6 Å². The van der Waals surface area contributed by atoms with Gasteiger partial charge in [-0.05, 0) is 12.1 Å². The van der Waals surface area contributed by atoms with Gasteiger partial charge in [-0.2, -0.15) is 4.31 Å². The van der Waals surface area contributed by atoms with Crippen molar-refractivity contribution in [2.24, 2.45) is 5.73 Å². The van der Waals surface area contributed by atoms with Crippen molar-refractivity contribution < 1.29 is 12.8 Å². The molecule has 0 spiro atoms. The fourth-order valence-corrected chi connectivity index (χ4v) is 3.00. The number of nitrogens with two attached hydrogens (primary N) is 1. The van der Waals surface area contributed by atoms with E-state index in [0.29, 0.717) is 31.7 Å². The number of halogens is 1. The van der Waals surface area contributed by atoms with E-state index < -0.39 is 10.0 Å². The lowest BCUT2D eigenvalue weighted by molar-refractivity contribution is 0.388. The second-order valence-corrected chi connectivity index (χ2v) is 6.61. The van der Waals surface area contributed by atoms with E-state index in [0.717, 1.165) is 5.69 Å². The summed E-state index contributed by atoms with van der Waals surface area (Å²) in [6, 6.07) is 4.95. The highest BCUT2D eigenvalue weighted by Crippen LogP contribution is 2.20. The Labute approximate surface area is 112 Å². The average Bonchev–Trinajstić information content (AvgIpc) is 2.38. The third kappa shape index (κ3) is 3.23. The number of sulfonamides is 1. The van der Waals surface area contributed by atoms with Crippen molar-refractivity contribution in [1.82, 2.24) is 4.31 Å². The first-order valence-electron chi connectivity index (χ1n) is 6.10. The van der Waals surface area contributed by atoms with Crippen molar-refractivity contribution in [2.75, 3.05) is 37.3 Å². The molecule has 0 atom stereocenters. The molecule has 0 amide bonds. The fourth-order valence-electron chi connectivity index (χ4n) is 2.18. The highest BCUT2D eigenvalue weighted by molar-refractivity contribution is 7.88. The molecule has 1 aliphatic rings. The monoisotopic (exact) mass is 287 g/mol. The second kappa shape index (κ2) is 5.44. The van der Waals surface area contributed by atoms with Crippen LogP contribution in [0.4, 0.5) is 10.1 Å². The maximum absolute atomic E-state index is 13.7. The number of benzene rings is 1. The zero-order valence-electron chi connectivity index (χ0n) is 10.8. The van der Waals surface area contributed by atoms with Gasteiger partial charge in [0.15, 0.2) is 0 Å². The van der Waals surface area contributed by atoms with Gasteiger partial charge < -0.3 is 10.6 Å². The highest BCUT2D eigenvalue weighted by Gasteiger charge is 2.23. The van der Waals surface area contributed by atoms with Crippen LogP contribution < -0.4 is 10.6 Å². The van der Waals surface area contributed by atoms with Gasteiger partial charge in [0.2, 0.25) is 10.0 Å². The Hall–Kier alpha value is -1.18. The molecule has 1 fully saturated rings. The van der Waals surface area contributed by atoms with E-state index in [1.165, 1.54) is 16.6 Å². The minimum atomic E-state index is -3.13. The van der Waals surface area contributed by atoms with Crippen molar-refractivity contribution in [3.05, 3.63) is 29.6 Å². The van der Waals surface area contributed by atoms with Crippen LogP contribution in [0.5, 0.6) is 0 Å². The number of nitrogens with zero attached hydrogens (tertiary/aromatic N) is 2. The van der Waals surface area contributed by atoms with Crippen molar-refractivity contribution in [2.45, 2.75) is 6.54 Å². The van der Waals surface area contributed by atoms with E-state index in [-0.39, 0.29) is 12.4 Å². The van der Waals surface area contributed by atoms with Crippen LogP contribution >= 0.6 is 0 Å². The quantitative estimate of drug-likeness (QED) is 0.872. The molecule has 5 nitrogen and oxygen atoms in total. The number of hydrogen-bond donors (Lipinski definition) is 1. The van der Waals surface area contributed by atoms with Crippen LogP contribution in [0, 0.1) is 5.82 Å². The molecule has 19 heavy (non-hydrogen) atoms. The summed E-state index contributed by atoms with van der Waals surface area (Å²) < 4.78 is 37.9. The van der Waals surface area contributed by atoms with Gasteiger partial charge in [-0.15, -0.1) is 0 Å². The van der Waals surface area contributed by atoms with Gasteiger partial charge >= 0.3 is 0 Å². The Kier molecular flexibility index (Phi) is 4.07. The van der Waals surface area contributed by atoms with Crippen LogP contribution in [0.2, 0.25) is 0 Å². The minimum absolute atomic E-state index is 0.175. The molecule has 0 unspecified atom stereocenters. The first-order chi connectivity index (χ1) is 8.91. The minimum Gasteiger partial charge on any atom is -0.369 e. The zero-order chi connectivity index (χ0) is 14.0. The number of hydrogen-bond acceptors (Lipinski definition) is 4. The molecular formula is C12H18FN3O2S. The molecule has 1 aromatic rings. The molecule has 2 rings (SSSR count). The van der Waals surface area contributed by atoms with Gasteiger partial charge in [0, 0.05) is 44.0 Å². The molecule has 0 aromatic heterocycles. The van der Waals surface area contributed by atoms with Gasteiger partial charge in [0.25, 0.3) is 0 Å². The van der Waals surface area contributed by atoms with Gasteiger partial charge in [0.05, 0.1) is 6.26 Å². The van der Waals surface area contributed by atoms with Crippen molar-refractivity contribution in [3.8, 4) is 0 Å². The molecule has 106 valence electrons. The SMILES string of the molecule is CS(=O)(=O)N1CCN(c2ccc(CN)c(F)c2)CC1. The molecule has 2 N–H and O–H groups in total. The third-order valence-electron chi connectivity index (χ3n) is 3.33. The molecule has 1 aromatic carbocycles. The predicted molar refractivity (Wildman–Crippen MR) is 72.9 cm³/mol. The van der Waals surface area contributed by atoms with E-state index in [1.807, 2.05) is 11.0 Å². The van der Waals surface area contributed by atoms with Gasteiger partial charge in [-0.3, -0.25) is 0 Å². The third-order valence-corrected chi connectivity index (χ3v) is 4.63. The van der Waals surface area contributed by atoms with E-state index in [9.17, 15) is 12.8 Å². The van der Waals surface area contributed by atoms with E-state index in [2.05, 4.69) is 0 Å². The molecule has 1 saturated heterocycles. The van der Waals surface area contributed by atoms with Crippen LogP contribution in [0.3, 0.4) is 0 Å². The predicted octanol–water partition coefficient (Wildman–Crippen LogP) is 0.366. The lowest BCUT2D eigenvalue weighted by Gasteiger charge is -2.34. The largest absolute Gasteiger partial charge is 0.369 e. The maximum atomic E-state index is 13.7. The summed E-state index contributed by atoms with van der Waals surface area (Å²) >= 11 is 0. The summed E-state index contributed by atoms with van der Waals surface area (Å²) in [6.07, 6.45) is 1.21. The standard InChI is InChI=1S/C12H18FN3O2S/c1-19(17,18)16-6-4-15(5-7-16)11-3-2-10(9-14)12(13)8-11/h2-3,8H,4-7,9,14H2,1H3. The lowest BCUT2D eigenvalue weighted by Crippen LogP contribution is -2.48. The molecule has 1 heterocycles.